The summed E-state index contributed by atoms with van der Waals surface area (Å²) in [7, 11) is 1.75. The Balaban J connectivity index is 1.53. The highest BCUT2D eigenvalue weighted by atomic mass is 79.9. The number of hydrogen-bond donors (Lipinski definition) is 2. The van der Waals surface area contributed by atoms with Crippen LogP contribution in [0.1, 0.15) is 35.0 Å². The number of rotatable bonds is 8. The van der Waals surface area contributed by atoms with Crippen molar-refractivity contribution in [2.24, 2.45) is 13.0 Å². The van der Waals surface area contributed by atoms with Gasteiger partial charge in [0.25, 0.3) is 17.7 Å². The van der Waals surface area contributed by atoms with Crippen molar-refractivity contribution >= 4 is 68.5 Å². The van der Waals surface area contributed by atoms with Gasteiger partial charge < -0.3 is 10.6 Å². The van der Waals surface area contributed by atoms with E-state index in [4.69, 9.17) is 0 Å². The lowest BCUT2D eigenvalue weighted by Gasteiger charge is -2.50. The summed E-state index contributed by atoms with van der Waals surface area (Å²) in [6, 6.07) is -0.727. The van der Waals surface area contributed by atoms with Crippen LogP contribution in [-0.2, 0) is 16.6 Å². The van der Waals surface area contributed by atoms with E-state index in [2.05, 4.69) is 41.9 Å². The number of β-lactam (4-membered cyclic amide) rings is 1. The Morgan fingerprint density at radius 2 is 2.00 bits per heavy atom. The highest BCUT2D eigenvalue weighted by Crippen LogP contribution is 2.42. The summed E-state index contributed by atoms with van der Waals surface area (Å²) in [4.78, 5) is 40.8. The second-order valence-electron chi connectivity index (χ2n) is 8.66. The summed E-state index contributed by atoms with van der Waals surface area (Å²) in [6.07, 6.45) is 0. The second-order valence-corrected chi connectivity index (χ2v) is 13.0. The summed E-state index contributed by atoms with van der Waals surface area (Å²) in [5.41, 5.74) is 2.29. The van der Waals surface area contributed by atoms with Gasteiger partial charge in [0.2, 0.25) is 0 Å². The molecule has 0 saturated carbocycles. The van der Waals surface area contributed by atoms with Crippen molar-refractivity contribution in [1.82, 2.24) is 35.5 Å². The first-order chi connectivity index (χ1) is 16.6. The minimum atomic E-state index is -0.727. The van der Waals surface area contributed by atoms with Crippen LogP contribution in [0.25, 0.3) is 0 Å². The Kier molecular flexibility index (Phi) is 7.93. The molecule has 2 N–H and O–H groups in total. The Morgan fingerprint density at radius 3 is 2.60 bits per heavy atom. The number of amides is 3. The molecule has 1 saturated heterocycles. The predicted molar refractivity (Wildman–Crippen MR) is 140 cm³/mol. The third-order valence-corrected chi connectivity index (χ3v) is 9.92. The number of aromatic nitrogens is 4. The number of fused-ring (bicyclic) bond motifs is 1. The third-order valence-electron chi connectivity index (χ3n) is 5.57. The van der Waals surface area contributed by atoms with Gasteiger partial charge in [-0.1, -0.05) is 36.9 Å². The molecule has 4 rings (SSSR count). The maximum atomic E-state index is 13.2. The third kappa shape index (κ3) is 5.30. The molecule has 0 bridgehead atoms. The van der Waals surface area contributed by atoms with Crippen LogP contribution in [0.4, 0.5) is 0 Å². The first kappa shape index (κ1) is 26.2. The summed E-state index contributed by atoms with van der Waals surface area (Å²) >= 11 is 7.94. The number of halogens is 1. The van der Waals surface area contributed by atoms with Crippen LogP contribution in [0.2, 0.25) is 0 Å². The van der Waals surface area contributed by atoms with Crippen LogP contribution in [0.15, 0.2) is 20.1 Å². The van der Waals surface area contributed by atoms with E-state index in [0.29, 0.717) is 28.2 Å². The van der Waals surface area contributed by atoms with Gasteiger partial charge in [0.15, 0.2) is 10.0 Å². The lowest BCUT2D eigenvalue weighted by atomic mass is 10.0. The van der Waals surface area contributed by atoms with Gasteiger partial charge in [0.05, 0.1) is 10.2 Å². The van der Waals surface area contributed by atoms with E-state index >= 15 is 0 Å². The molecule has 2 aliphatic rings. The predicted octanol–water partition coefficient (Wildman–Crippen LogP) is 2.48. The van der Waals surface area contributed by atoms with Gasteiger partial charge in [-0.25, -0.2) is 0 Å². The molecular weight excluding hydrogens is 574 g/mol. The molecule has 0 spiro atoms. The number of nitrogens with zero attached hydrogens (tertiary/aromatic N) is 5. The highest BCUT2D eigenvalue weighted by Gasteiger charge is 2.54. The number of carbonyl (C=O) groups excluding carboxylic acids is 3. The number of carbonyl (C=O) groups is 3. The van der Waals surface area contributed by atoms with Crippen molar-refractivity contribution in [2.45, 2.75) is 43.5 Å². The van der Waals surface area contributed by atoms with Gasteiger partial charge >= 0.3 is 0 Å². The number of thioether (sulfide) groups is 2. The second kappa shape index (κ2) is 10.6. The Hall–Kier alpha value is -1.90. The van der Waals surface area contributed by atoms with Crippen LogP contribution < -0.4 is 10.6 Å². The largest absolute Gasteiger partial charge is 0.351 e. The average Bonchev–Trinajstić information content (AvgIpc) is 3.36. The Morgan fingerprint density at radius 1 is 1.26 bits per heavy atom. The lowest BCUT2D eigenvalue weighted by molar-refractivity contribution is -0.145. The van der Waals surface area contributed by atoms with Gasteiger partial charge in [-0.3, -0.25) is 24.0 Å². The SMILES string of the molecule is Cc1nnc(SCC2=C(C(=O)NCC(C)C)N3C(=O)[C@H](NC(=O)c4nn(C)c(C)c4Br)[C@H]3SC2)s1. The van der Waals surface area contributed by atoms with Crippen LogP contribution in [0, 0.1) is 19.8 Å². The molecule has 4 heterocycles. The van der Waals surface area contributed by atoms with E-state index in [0.717, 1.165) is 20.6 Å². The summed E-state index contributed by atoms with van der Waals surface area (Å²) in [6.45, 7) is 8.27. The molecule has 3 amide bonds. The molecule has 0 aliphatic carbocycles. The summed E-state index contributed by atoms with van der Waals surface area (Å²) in [5, 5.41) is 18.7. The maximum absolute atomic E-state index is 13.2. The Labute approximate surface area is 224 Å². The molecule has 2 atom stereocenters. The van der Waals surface area contributed by atoms with E-state index in [9.17, 15) is 14.4 Å². The number of hydrogen-bond acceptors (Lipinski definition) is 9. The normalized spacial score (nSPS) is 19.6. The minimum Gasteiger partial charge on any atom is -0.351 e. The van der Waals surface area contributed by atoms with Crippen LogP contribution in [-0.4, -0.2) is 72.1 Å². The Bertz CT molecular complexity index is 1210. The van der Waals surface area contributed by atoms with Crippen molar-refractivity contribution < 1.29 is 14.4 Å². The fourth-order valence-electron chi connectivity index (χ4n) is 3.61. The lowest BCUT2D eigenvalue weighted by Crippen LogP contribution is -2.71. The molecule has 1 fully saturated rings. The zero-order valence-electron chi connectivity index (χ0n) is 19.9. The summed E-state index contributed by atoms with van der Waals surface area (Å²) < 4.78 is 3.02. The van der Waals surface area contributed by atoms with E-state index in [1.807, 2.05) is 27.7 Å². The minimum absolute atomic E-state index is 0.229. The van der Waals surface area contributed by atoms with Crippen LogP contribution >= 0.6 is 50.8 Å². The zero-order valence-corrected chi connectivity index (χ0v) is 24.0. The smallest absolute Gasteiger partial charge is 0.273 e. The standard InChI is InChI=1S/C21H26BrN7O3S3/c1-9(2)6-23-18(31)16-12(8-34-21-26-25-11(4)35-21)7-33-20-15(19(32)29(16)20)24-17(30)14-13(22)10(3)28(5)27-14/h9,15,20H,6-8H2,1-5H3,(H,23,31)(H,24,30)/t15-,20+/m0/s1. The van der Waals surface area contributed by atoms with Crippen molar-refractivity contribution in [3.8, 4) is 0 Å². The highest BCUT2D eigenvalue weighted by molar-refractivity contribution is 9.10. The molecule has 2 aromatic heterocycles. The molecule has 0 radical (unpaired) electrons. The first-order valence-electron chi connectivity index (χ1n) is 11.0. The molecule has 2 aromatic rings. The molecule has 0 aromatic carbocycles. The van der Waals surface area contributed by atoms with Crippen molar-refractivity contribution in [3.05, 3.63) is 32.1 Å². The van der Waals surface area contributed by atoms with Crippen molar-refractivity contribution in [2.75, 3.05) is 18.1 Å². The van der Waals surface area contributed by atoms with E-state index in [1.165, 1.54) is 39.8 Å². The van der Waals surface area contributed by atoms with Crippen molar-refractivity contribution in [3.63, 3.8) is 0 Å². The molecule has 14 heteroatoms. The topological polar surface area (TPSA) is 122 Å². The molecule has 2 aliphatic heterocycles. The zero-order chi connectivity index (χ0) is 25.4. The average molecular weight is 601 g/mol. The molecule has 35 heavy (non-hydrogen) atoms. The molecular formula is C21H26BrN7O3S3. The van der Waals surface area contributed by atoms with E-state index in [-0.39, 0.29) is 28.8 Å². The van der Waals surface area contributed by atoms with Gasteiger partial charge in [0.1, 0.15) is 22.1 Å². The number of nitrogens with one attached hydrogen (secondary N) is 2. The number of aryl methyl sites for hydroxylation is 2. The van der Waals surface area contributed by atoms with Crippen molar-refractivity contribution in [1.29, 1.82) is 0 Å². The quantitative estimate of drug-likeness (QED) is 0.350. The van der Waals surface area contributed by atoms with Gasteiger partial charge in [-0.15, -0.1) is 22.0 Å². The maximum Gasteiger partial charge on any atom is 0.273 e. The van der Waals surface area contributed by atoms with Gasteiger partial charge in [0, 0.05) is 25.1 Å². The molecule has 10 nitrogen and oxygen atoms in total. The molecule has 0 unspecified atom stereocenters. The van der Waals surface area contributed by atoms with E-state index < -0.39 is 11.9 Å². The fourth-order valence-corrected chi connectivity index (χ4v) is 7.43. The molecule has 188 valence electrons. The van der Waals surface area contributed by atoms with E-state index in [1.54, 1.807) is 11.7 Å². The van der Waals surface area contributed by atoms with Gasteiger partial charge in [-0.05, 0) is 41.3 Å². The summed E-state index contributed by atoms with van der Waals surface area (Å²) in [5.74, 6) is 0.372. The monoisotopic (exact) mass is 599 g/mol. The van der Waals surface area contributed by atoms with Crippen LogP contribution in [0.5, 0.6) is 0 Å². The van der Waals surface area contributed by atoms with Gasteiger partial charge in [-0.2, -0.15) is 5.10 Å². The van der Waals surface area contributed by atoms with Crippen LogP contribution in [0.3, 0.4) is 0 Å². The fraction of sp³-hybridized carbons (Fsp3) is 0.524. The first-order valence-corrected chi connectivity index (χ1v) is 14.6.